The second-order valence-corrected chi connectivity index (χ2v) is 3.55. The third-order valence-electron chi connectivity index (χ3n) is 1.92. The minimum Gasteiger partial charge on any atom is -0.479 e. The summed E-state index contributed by atoms with van der Waals surface area (Å²) in [5.74, 6) is -1.39. The number of aromatic nitrogens is 2. The lowest BCUT2D eigenvalue weighted by atomic mass is 10.1. The van der Waals surface area contributed by atoms with Gasteiger partial charge in [0.2, 0.25) is 0 Å². The van der Waals surface area contributed by atoms with Gasteiger partial charge in [-0.05, 0) is 19.9 Å². The molecule has 1 rings (SSSR count). The van der Waals surface area contributed by atoms with Crippen molar-refractivity contribution in [2.45, 2.75) is 26.0 Å². The highest BCUT2D eigenvalue weighted by Gasteiger charge is 2.31. The molecule has 1 heterocycles. The van der Waals surface area contributed by atoms with Crippen molar-refractivity contribution >= 4 is 5.97 Å². The minimum absolute atomic E-state index is 0.372. The molecule has 0 aromatic carbocycles. The molecular weight excluding hydrogens is 200 g/mol. The fraction of sp³-hybridized carbons (Fsp3) is 0.444. The Morgan fingerprint density at radius 2 is 2.20 bits per heavy atom. The molecule has 0 fully saturated rings. The smallest absolute Gasteiger partial charge is 0.337 e. The maximum absolute atomic E-state index is 11.3. The molecule has 1 atom stereocenters. The summed E-state index contributed by atoms with van der Waals surface area (Å²) >= 11 is 0. The Kier molecular flexibility index (Phi) is 2.90. The summed E-state index contributed by atoms with van der Waals surface area (Å²) < 4.78 is 0.934. The van der Waals surface area contributed by atoms with Crippen molar-refractivity contribution in [3.8, 4) is 0 Å². The van der Waals surface area contributed by atoms with E-state index < -0.39 is 17.1 Å². The lowest BCUT2D eigenvalue weighted by Crippen LogP contribution is -2.43. The molecule has 1 unspecified atom stereocenters. The Bertz CT molecular complexity index is 436. The zero-order valence-corrected chi connectivity index (χ0v) is 8.47. The Labute approximate surface area is 85.8 Å². The molecule has 2 N–H and O–H groups in total. The van der Waals surface area contributed by atoms with E-state index in [4.69, 9.17) is 5.11 Å². The van der Waals surface area contributed by atoms with Crippen LogP contribution in [0.4, 0.5) is 0 Å². The number of rotatable bonds is 3. The van der Waals surface area contributed by atoms with Gasteiger partial charge in [0.05, 0.1) is 12.2 Å². The first-order valence-electron chi connectivity index (χ1n) is 4.33. The van der Waals surface area contributed by atoms with Crippen LogP contribution in [-0.4, -0.2) is 31.6 Å². The van der Waals surface area contributed by atoms with Gasteiger partial charge in [-0.3, -0.25) is 4.79 Å². The average molecular weight is 212 g/mol. The quantitative estimate of drug-likeness (QED) is 0.697. The third-order valence-corrected chi connectivity index (χ3v) is 1.92. The number of hydrogen-bond acceptors (Lipinski definition) is 4. The predicted octanol–water partition coefficient (Wildman–Crippen LogP) is -0.613. The summed E-state index contributed by atoms with van der Waals surface area (Å²) in [7, 11) is 0. The van der Waals surface area contributed by atoms with Crippen LogP contribution in [0.2, 0.25) is 0 Å². The standard InChI is InChI=1S/C9H12N2O4/c1-6-3-4-7(12)11(10-6)5-9(2,15)8(13)14/h3-4,15H,5H2,1-2H3,(H,13,14). The number of nitrogens with zero attached hydrogens (tertiary/aromatic N) is 2. The number of carbonyl (C=O) groups is 1. The summed E-state index contributed by atoms with van der Waals surface area (Å²) in [5, 5.41) is 22.0. The van der Waals surface area contributed by atoms with E-state index in [1.807, 2.05) is 0 Å². The monoisotopic (exact) mass is 212 g/mol. The largest absolute Gasteiger partial charge is 0.479 e. The molecule has 0 aliphatic carbocycles. The summed E-state index contributed by atoms with van der Waals surface area (Å²) in [6, 6.07) is 2.80. The van der Waals surface area contributed by atoms with E-state index in [0.717, 1.165) is 11.6 Å². The van der Waals surface area contributed by atoms with Gasteiger partial charge >= 0.3 is 5.97 Å². The molecule has 15 heavy (non-hydrogen) atoms. The van der Waals surface area contributed by atoms with Crippen LogP contribution < -0.4 is 5.56 Å². The number of carboxylic acid groups (broad SMARTS) is 1. The third kappa shape index (κ3) is 2.63. The maximum atomic E-state index is 11.3. The highest BCUT2D eigenvalue weighted by molar-refractivity contribution is 5.76. The lowest BCUT2D eigenvalue weighted by Gasteiger charge is -2.18. The van der Waals surface area contributed by atoms with Gasteiger partial charge in [0.25, 0.3) is 5.56 Å². The topological polar surface area (TPSA) is 92.4 Å². The van der Waals surface area contributed by atoms with Gasteiger partial charge in [0.1, 0.15) is 0 Å². The van der Waals surface area contributed by atoms with Crippen molar-refractivity contribution in [2.24, 2.45) is 0 Å². The molecule has 6 nitrogen and oxygen atoms in total. The summed E-state index contributed by atoms with van der Waals surface area (Å²) in [6.45, 7) is 2.42. The summed E-state index contributed by atoms with van der Waals surface area (Å²) in [5.41, 5.74) is -1.86. The first-order valence-corrected chi connectivity index (χ1v) is 4.33. The summed E-state index contributed by atoms with van der Waals surface area (Å²) in [6.07, 6.45) is 0. The number of carboxylic acids is 1. The van der Waals surface area contributed by atoms with Gasteiger partial charge in [-0.25, -0.2) is 9.48 Å². The van der Waals surface area contributed by atoms with Gasteiger partial charge in [-0.1, -0.05) is 0 Å². The maximum Gasteiger partial charge on any atom is 0.337 e. The van der Waals surface area contributed by atoms with Crippen LogP contribution in [0.25, 0.3) is 0 Å². The molecule has 0 aliphatic heterocycles. The van der Waals surface area contributed by atoms with E-state index >= 15 is 0 Å². The van der Waals surface area contributed by atoms with Crippen LogP contribution in [0.3, 0.4) is 0 Å². The van der Waals surface area contributed by atoms with Crippen molar-refractivity contribution in [1.29, 1.82) is 0 Å². The SMILES string of the molecule is Cc1ccc(=O)n(CC(C)(O)C(=O)O)n1. The molecule has 82 valence electrons. The highest BCUT2D eigenvalue weighted by Crippen LogP contribution is 2.05. The van der Waals surface area contributed by atoms with E-state index in [-0.39, 0.29) is 6.54 Å². The number of aryl methyl sites for hydroxylation is 1. The van der Waals surface area contributed by atoms with E-state index in [1.165, 1.54) is 12.1 Å². The Balaban J connectivity index is 3.04. The van der Waals surface area contributed by atoms with Gasteiger partial charge in [-0.15, -0.1) is 0 Å². The van der Waals surface area contributed by atoms with E-state index in [1.54, 1.807) is 6.92 Å². The first kappa shape index (κ1) is 11.4. The van der Waals surface area contributed by atoms with Crippen molar-refractivity contribution in [3.63, 3.8) is 0 Å². The van der Waals surface area contributed by atoms with Crippen molar-refractivity contribution in [2.75, 3.05) is 0 Å². The van der Waals surface area contributed by atoms with Crippen molar-refractivity contribution < 1.29 is 15.0 Å². The second-order valence-electron chi connectivity index (χ2n) is 3.55. The number of aliphatic carboxylic acids is 1. The molecule has 0 saturated heterocycles. The summed E-state index contributed by atoms with van der Waals surface area (Å²) in [4.78, 5) is 21.9. The fourth-order valence-electron chi connectivity index (χ4n) is 1.02. The Hall–Kier alpha value is -1.69. The molecular formula is C9H12N2O4. The number of hydrogen-bond donors (Lipinski definition) is 2. The zero-order valence-electron chi connectivity index (χ0n) is 8.47. The molecule has 0 saturated carbocycles. The molecule has 0 amide bonds. The van der Waals surface area contributed by atoms with Crippen LogP contribution in [-0.2, 0) is 11.3 Å². The van der Waals surface area contributed by atoms with E-state index in [2.05, 4.69) is 5.10 Å². The van der Waals surface area contributed by atoms with E-state index in [9.17, 15) is 14.7 Å². The first-order chi connectivity index (χ1) is 6.83. The van der Waals surface area contributed by atoms with E-state index in [0.29, 0.717) is 5.69 Å². The molecule has 6 heteroatoms. The molecule has 0 aliphatic rings. The number of aliphatic hydroxyl groups is 1. The Morgan fingerprint density at radius 3 is 2.73 bits per heavy atom. The average Bonchev–Trinajstić information content (AvgIpc) is 2.10. The Morgan fingerprint density at radius 1 is 1.60 bits per heavy atom. The predicted molar refractivity (Wildman–Crippen MR) is 51.5 cm³/mol. The van der Waals surface area contributed by atoms with Gasteiger partial charge < -0.3 is 10.2 Å². The minimum atomic E-state index is -2.00. The lowest BCUT2D eigenvalue weighted by molar-refractivity contribution is -0.158. The van der Waals surface area contributed by atoms with Crippen LogP contribution in [0.15, 0.2) is 16.9 Å². The molecule has 1 aromatic heterocycles. The van der Waals surface area contributed by atoms with Crippen LogP contribution >= 0.6 is 0 Å². The molecule has 0 bridgehead atoms. The van der Waals surface area contributed by atoms with Crippen LogP contribution in [0.1, 0.15) is 12.6 Å². The molecule has 1 aromatic rings. The molecule has 0 spiro atoms. The zero-order chi connectivity index (χ0) is 11.6. The highest BCUT2D eigenvalue weighted by atomic mass is 16.4. The van der Waals surface area contributed by atoms with Gasteiger partial charge in [0.15, 0.2) is 5.60 Å². The fourth-order valence-corrected chi connectivity index (χ4v) is 1.02. The van der Waals surface area contributed by atoms with Crippen molar-refractivity contribution in [3.05, 3.63) is 28.2 Å². The van der Waals surface area contributed by atoms with Gasteiger partial charge in [0, 0.05) is 6.07 Å². The molecule has 0 radical (unpaired) electrons. The van der Waals surface area contributed by atoms with Crippen LogP contribution in [0, 0.1) is 6.92 Å². The normalized spacial score (nSPS) is 14.6. The van der Waals surface area contributed by atoms with Gasteiger partial charge in [-0.2, -0.15) is 5.10 Å². The van der Waals surface area contributed by atoms with Crippen molar-refractivity contribution in [1.82, 2.24) is 9.78 Å². The second kappa shape index (κ2) is 3.82. The van der Waals surface area contributed by atoms with Crippen LogP contribution in [0.5, 0.6) is 0 Å².